The maximum absolute atomic E-state index is 11.5. The van der Waals surface area contributed by atoms with Crippen molar-refractivity contribution in [2.75, 3.05) is 6.54 Å². The maximum Gasteiger partial charge on any atom is 0.226 e. The number of oxazole rings is 1. The molecule has 1 aromatic heterocycles. The number of amides is 1. The minimum Gasteiger partial charge on any atom is -0.441 e. The van der Waals surface area contributed by atoms with Crippen LogP contribution in [0, 0.1) is 13.8 Å². The Hall–Kier alpha value is -2.14. The molecule has 0 spiro atoms. The Bertz CT molecular complexity index is 751. The Morgan fingerprint density at radius 2 is 2.08 bits per heavy atom. The molecule has 0 saturated carbocycles. The van der Waals surface area contributed by atoms with Gasteiger partial charge in [-0.05, 0) is 45.7 Å². The number of nitrogens with one attached hydrogen (secondary N) is 1. The topological polar surface area (TPSA) is 58.4 Å². The Morgan fingerprint density at radius 3 is 2.72 bits per heavy atom. The monoisotopic (exact) mass is 341 g/mol. The molecule has 0 bridgehead atoms. The van der Waals surface area contributed by atoms with Crippen LogP contribution in [0.15, 0.2) is 28.7 Å². The first-order chi connectivity index (χ1) is 11.9. The van der Waals surface area contributed by atoms with E-state index in [1.807, 2.05) is 25.1 Å². The highest BCUT2D eigenvalue weighted by atomic mass is 16.4. The molecule has 2 heterocycles. The van der Waals surface area contributed by atoms with E-state index in [2.05, 4.69) is 37.1 Å². The van der Waals surface area contributed by atoms with Gasteiger partial charge in [0, 0.05) is 37.2 Å². The van der Waals surface area contributed by atoms with E-state index in [0.717, 1.165) is 42.1 Å². The van der Waals surface area contributed by atoms with Crippen molar-refractivity contribution in [1.82, 2.24) is 15.2 Å². The average Bonchev–Trinajstić information content (AvgIpc) is 3.13. The number of nitrogens with zero attached hydrogens (tertiary/aromatic N) is 2. The summed E-state index contributed by atoms with van der Waals surface area (Å²) >= 11 is 0. The van der Waals surface area contributed by atoms with E-state index in [4.69, 9.17) is 9.40 Å². The van der Waals surface area contributed by atoms with Gasteiger partial charge >= 0.3 is 0 Å². The zero-order valence-corrected chi connectivity index (χ0v) is 15.5. The first kappa shape index (κ1) is 17.7. The van der Waals surface area contributed by atoms with Crippen LogP contribution in [0.25, 0.3) is 11.5 Å². The van der Waals surface area contributed by atoms with E-state index in [9.17, 15) is 4.79 Å². The number of hydrogen-bond donors (Lipinski definition) is 1. The van der Waals surface area contributed by atoms with Crippen LogP contribution in [-0.4, -0.2) is 34.4 Å². The van der Waals surface area contributed by atoms with Gasteiger partial charge in [-0.15, -0.1) is 0 Å². The Balaban J connectivity index is 1.76. The molecule has 1 aliphatic rings. The normalized spacial score (nSPS) is 17.5. The quantitative estimate of drug-likeness (QED) is 0.874. The summed E-state index contributed by atoms with van der Waals surface area (Å²) in [4.78, 5) is 18.6. The van der Waals surface area contributed by atoms with E-state index < -0.39 is 0 Å². The van der Waals surface area contributed by atoms with Crippen LogP contribution in [0.4, 0.5) is 0 Å². The highest BCUT2D eigenvalue weighted by Gasteiger charge is 2.25. The lowest BCUT2D eigenvalue weighted by atomic mass is 10.1. The Labute approximate surface area is 149 Å². The summed E-state index contributed by atoms with van der Waals surface area (Å²) in [5.74, 6) is 1.70. The fourth-order valence-electron chi connectivity index (χ4n) is 3.25. The van der Waals surface area contributed by atoms with Crippen molar-refractivity contribution in [2.24, 2.45) is 0 Å². The van der Waals surface area contributed by atoms with Crippen molar-refractivity contribution in [3.8, 4) is 11.5 Å². The first-order valence-electron chi connectivity index (χ1n) is 8.99. The standard InChI is InChI=1S/C20H27N3O2/c1-13(2)23(11-16-9-10-19(24)21-16)12-18-15(4)25-20(22-18)17-8-6-5-7-14(17)3/h5-8,13,16H,9-12H2,1-4H3,(H,21,24). The van der Waals surface area contributed by atoms with Crippen LogP contribution in [0.2, 0.25) is 0 Å². The van der Waals surface area contributed by atoms with Gasteiger partial charge in [0.05, 0.1) is 5.69 Å². The molecule has 0 aliphatic carbocycles. The second-order valence-corrected chi connectivity index (χ2v) is 7.16. The van der Waals surface area contributed by atoms with Crippen molar-refractivity contribution < 1.29 is 9.21 Å². The van der Waals surface area contributed by atoms with E-state index >= 15 is 0 Å². The number of aryl methyl sites for hydroxylation is 2. The summed E-state index contributed by atoms with van der Waals surface area (Å²) in [5, 5.41) is 3.05. The van der Waals surface area contributed by atoms with Gasteiger partial charge in [-0.1, -0.05) is 18.2 Å². The molecule has 1 atom stereocenters. The number of rotatable bonds is 6. The summed E-state index contributed by atoms with van der Waals surface area (Å²) in [6.07, 6.45) is 1.55. The van der Waals surface area contributed by atoms with Gasteiger partial charge in [-0.3, -0.25) is 9.69 Å². The third-order valence-corrected chi connectivity index (χ3v) is 4.89. The molecular weight excluding hydrogens is 314 g/mol. The molecule has 1 aromatic carbocycles. The molecule has 2 aromatic rings. The predicted molar refractivity (Wildman–Crippen MR) is 98.1 cm³/mol. The molecule has 1 N–H and O–H groups in total. The zero-order valence-electron chi connectivity index (χ0n) is 15.5. The molecule has 3 rings (SSSR count). The molecular formula is C20H27N3O2. The van der Waals surface area contributed by atoms with Crippen LogP contribution in [0.3, 0.4) is 0 Å². The zero-order chi connectivity index (χ0) is 18.0. The first-order valence-corrected chi connectivity index (χ1v) is 8.99. The van der Waals surface area contributed by atoms with Crippen molar-refractivity contribution >= 4 is 5.91 Å². The molecule has 134 valence electrons. The van der Waals surface area contributed by atoms with Crippen LogP contribution in [-0.2, 0) is 11.3 Å². The van der Waals surface area contributed by atoms with Gasteiger partial charge in [-0.2, -0.15) is 0 Å². The van der Waals surface area contributed by atoms with Crippen LogP contribution in [0.1, 0.15) is 43.7 Å². The highest BCUT2D eigenvalue weighted by molar-refractivity contribution is 5.78. The van der Waals surface area contributed by atoms with Gasteiger partial charge in [-0.25, -0.2) is 4.98 Å². The second-order valence-electron chi connectivity index (χ2n) is 7.16. The Kier molecular flexibility index (Phi) is 5.23. The lowest BCUT2D eigenvalue weighted by molar-refractivity contribution is -0.119. The van der Waals surface area contributed by atoms with Crippen molar-refractivity contribution in [2.45, 2.75) is 59.2 Å². The van der Waals surface area contributed by atoms with Gasteiger partial charge in [0.2, 0.25) is 11.8 Å². The molecule has 1 aliphatic heterocycles. The Morgan fingerprint density at radius 1 is 1.32 bits per heavy atom. The van der Waals surface area contributed by atoms with Gasteiger partial charge in [0.15, 0.2) is 0 Å². The molecule has 1 saturated heterocycles. The third-order valence-electron chi connectivity index (χ3n) is 4.89. The second kappa shape index (κ2) is 7.40. The molecule has 1 unspecified atom stereocenters. The van der Waals surface area contributed by atoms with Gasteiger partial charge < -0.3 is 9.73 Å². The number of hydrogen-bond acceptors (Lipinski definition) is 4. The largest absolute Gasteiger partial charge is 0.441 e. The van der Waals surface area contributed by atoms with Crippen LogP contribution in [0.5, 0.6) is 0 Å². The molecule has 5 nitrogen and oxygen atoms in total. The minimum atomic E-state index is 0.160. The average molecular weight is 341 g/mol. The summed E-state index contributed by atoms with van der Waals surface area (Å²) < 4.78 is 5.94. The van der Waals surface area contributed by atoms with E-state index in [1.165, 1.54) is 0 Å². The minimum absolute atomic E-state index is 0.160. The van der Waals surface area contributed by atoms with Crippen molar-refractivity contribution in [3.05, 3.63) is 41.3 Å². The van der Waals surface area contributed by atoms with E-state index in [0.29, 0.717) is 18.4 Å². The predicted octanol–water partition coefficient (Wildman–Crippen LogP) is 3.45. The van der Waals surface area contributed by atoms with Crippen molar-refractivity contribution in [1.29, 1.82) is 0 Å². The fourth-order valence-corrected chi connectivity index (χ4v) is 3.25. The maximum atomic E-state index is 11.5. The van der Waals surface area contributed by atoms with E-state index in [-0.39, 0.29) is 11.9 Å². The highest BCUT2D eigenvalue weighted by Crippen LogP contribution is 2.25. The molecule has 25 heavy (non-hydrogen) atoms. The molecule has 0 radical (unpaired) electrons. The van der Waals surface area contributed by atoms with Crippen LogP contribution >= 0.6 is 0 Å². The summed E-state index contributed by atoms with van der Waals surface area (Å²) in [6, 6.07) is 8.74. The van der Waals surface area contributed by atoms with E-state index in [1.54, 1.807) is 0 Å². The lowest BCUT2D eigenvalue weighted by Gasteiger charge is -2.28. The summed E-state index contributed by atoms with van der Waals surface area (Å²) in [6.45, 7) is 9.96. The number of carbonyl (C=O) groups is 1. The SMILES string of the molecule is Cc1ccccc1-c1nc(CN(CC2CCC(=O)N2)C(C)C)c(C)o1. The molecule has 1 fully saturated rings. The lowest BCUT2D eigenvalue weighted by Crippen LogP contribution is -2.41. The molecule has 1 amide bonds. The summed E-state index contributed by atoms with van der Waals surface area (Å²) in [5.41, 5.74) is 3.16. The number of carbonyl (C=O) groups excluding carboxylic acids is 1. The van der Waals surface area contributed by atoms with Crippen LogP contribution < -0.4 is 5.32 Å². The number of aromatic nitrogens is 1. The smallest absolute Gasteiger partial charge is 0.226 e. The number of benzene rings is 1. The summed E-state index contributed by atoms with van der Waals surface area (Å²) in [7, 11) is 0. The van der Waals surface area contributed by atoms with Gasteiger partial charge in [0.25, 0.3) is 0 Å². The van der Waals surface area contributed by atoms with Gasteiger partial charge in [0.1, 0.15) is 5.76 Å². The third kappa shape index (κ3) is 4.10. The van der Waals surface area contributed by atoms with Crippen molar-refractivity contribution in [3.63, 3.8) is 0 Å². The molecule has 5 heteroatoms. The fraction of sp³-hybridized carbons (Fsp3) is 0.500.